The van der Waals surface area contributed by atoms with E-state index in [1.54, 1.807) is 0 Å². The van der Waals surface area contributed by atoms with E-state index in [0.717, 1.165) is 25.9 Å². The Labute approximate surface area is 312 Å². The standard InChI is InChI=1S/C43H64N2O6S/c1-27(2)29-9-15-43(44-17-18-45-19-21-52(50,51)22-20-45)16-11-32-30(35(29)43)7-8-34-39(32,5)14-12-33-38(3,4)31(10-13-40(33,34)6)28-23-41(24-28)25-42(26-41,36(46)47)37(48)49/h10,13,29-30,32-35,44H,1,7-9,11-12,14-26H2,2-6H3,(H,46,47)(H,48,49)/t29-,30-,32?,33-,34-,35+,39-,40-,43-/m0/s1. The van der Waals surface area contributed by atoms with E-state index in [2.05, 4.69) is 63.6 Å². The Morgan fingerprint density at radius 2 is 1.58 bits per heavy atom. The topological polar surface area (TPSA) is 124 Å². The van der Waals surface area contributed by atoms with Gasteiger partial charge in [0.1, 0.15) is 0 Å². The molecule has 0 amide bonds. The van der Waals surface area contributed by atoms with Crippen LogP contribution in [0.3, 0.4) is 0 Å². The zero-order valence-corrected chi connectivity index (χ0v) is 33.3. The summed E-state index contributed by atoms with van der Waals surface area (Å²) < 4.78 is 24.0. The van der Waals surface area contributed by atoms with Crippen molar-refractivity contribution in [1.29, 1.82) is 0 Å². The van der Waals surface area contributed by atoms with Crippen molar-refractivity contribution in [3.8, 4) is 0 Å². The Balaban J connectivity index is 1.00. The van der Waals surface area contributed by atoms with Gasteiger partial charge in [-0.3, -0.25) is 9.59 Å². The molecule has 8 aliphatic rings. The lowest BCUT2D eigenvalue weighted by atomic mass is 9.36. The normalized spacial score (nSPS) is 43.6. The van der Waals surface area contributed by atoms with Crippen LogP contribution in [-0.2, 0) is 19.4 Å². The van der Waals surface area contributed by atoms with E-state index in [1.165, 1.54) is 68.1 Å². The first kappa shape index (κ1) is 37.0. The quantitative estimate of drug-likeness (QED) is 0.187. The summed E-state index contributed by atoms with van der Waals surface area (Å²) in [6.07, 6.45) is 17.2. The number of nitrogens with zero attached hydrogens (tertiary/aromatic N) is 1. The zero-order valence-electron chi connectivity index (χ0n) is 32.4. The highest BCUT2D eigenvalue weighted by molar-refractivity contribution is 7.91. The number of carbonyl (C=O) groups is 2. The van der Waals surface area contributed by atoms with Crippen molar-refractivity contribution in [2.24, 2.45) is 62.6 Å². The number of carboxylic acid groups (broad SMARTS) is 2. The van der Waals surface area contributed by atoms with Crippen molar-refractivity contribution in [2.75, 3.05) is 37.7 Å². The number of rotatable bonds is 7. The van der Waals surface area contributed by atoms with Crippen LogP contribution in [-0.4, -0.2) is 78.7 Å². The summed E-state index contributed by atoms with van der Waals surface area (Å²) in [6, 6.07) is 0. The Hall–Kier alpha value is -1.97. The van der Waals surface area contributed by atoms with Gasteiger partial charge in [-0.2, -0.15) is 0 Å². The molecule has 3 N–H and O–H groups in total. The molecule has 1 aliphatic heterocycles. The molecule has 8 nitrogen and oxygen atoms in total. The smallest absolute Gasteiger partial charge is 0.321 e. The van der Waals surface area contributed by atoms with Crippen LogP contribution in [0.5, 0.6) is 0 Å². The van der Waals surface area contributed by atoms with Gasteiger partial charge in [-0.05, 0) is 147 Å². The second-order valence-corrected chi connectivity index (χ2v) is 22.8. The van der Waals surface area contributed by atoms with Crippen molar-refractivity contribution < 1.29 is 28.2 Å². The fraction of sp³-hybridized carbons (Fsp3) is 0.814. The lowest BCUT2D eigenvalue weighted by Gasteiger charge is -2.68. The maximum atomic E-state index is 12.0. The molecule has 52 heavy (non-hydrogen) atoms. The predicted octanol–water partition coefficient (Wildman–Crippen LogP) is 7.13. The van der Waals surface area contributed by atoms with Crippen LogP contribution < -0.4 is 5.32 Å². The molecule has 1 saturated heterocycles. The molecule has 1 unspecified atom stereocenters. The first-order valence-corrected chi connectivity index (χ1v) is 22.4. The molecule has 1 heterocycles. The van der Waals surface area contributed by atoms with E-state index in [-0.39, 0.29) is 51.5 Å². The second-order valence-electron chi connectivity index (χ2n) is 20.5. The number of nitrogens with one attached hydrogen (secondary N) is 1. The summed E-state index contributed by atoms with van der Waals surface area (Å²) in [4.78, 5) is 26.1. The van der Waals surface area contributed by atoms with Crippen molar-refractivity contribution in [3.05, 3.63) is 35.5 Å². The van der Waals surface area contributed by atoms with E-state index in [0.29, 0.717) is 48.6 Å². The molecule has 0 aromatic rings. The maximum absolute atomic E-state index is 12.0. The number of hydrogen-bond donors (Lipinski definition) is 3. The lowest BCUT2D eigenvalue weighted by molar-refractivity contribution is -0.187. The molecule has 9 atom stereocenters. The molecular weight excluding hydrogens is 673 g/mol. The second kappa shape index (κ2) is 12.0. The monoisotopic (exact) mass is 736 g/mol. The van der Waals surface area contributed by atoms with Crippen molar-refractivity contribution in [2.45, 2.75) is 117 Å². The molecule has 0 aromatic heterocycles. The van der Waals surface area contributed by atoms with Gasteiger partial charge < -0.3 is 20.4 Å². The number of hydrogen-bond acceptors (Lipinski definition) is 6. The summed E-state index contributed by atoms with van der Waals surface area (Å²) in [5.41, 5.74) is 3.04. The maximum Gasteiger partial charge on any atom is 0.321 e. The number of fused-ring (bicyclic) bond motifs is 7. The van der Waals surface area contributed by atoms with E-state index in [4.69, 9.17) is 0 Å². The predicted molar refractivity (Wildman–Crippen MR) is 203 cm³/mol. The first-order valence-electron chi connectivity index (χ1n) is 20.5. The summed E-state index contributed by atoms with van der Waals surface area (Å²) in [7, 11) is -2.87. The third-order valence-corrected chi connectivity index (χ3v) is 19.2. The molecular formula is C43H64N2O6S. The summed E-state index contributed by atoms with van der Waals surface area (Å²) in [5.74, 6) is 1.97. The van der Waals surface area contributed by atoms with Crippen molar-refractivity contribution in [1.82, 2.24) is 10.2 Å². The van der Waals surface area contributed by atoms with Gasteiger partial charge in [-0.1, -0.05) is 57.6 Å². The minimum absolute atomic E-state index is 0.0136. The molecule has 0 bridgehead atoms. The zero-order chi connectivity index (χ0) is 37.3. The van der Waals surface area contributed by atoms with Crippen LogP contribution in [0.4, 0.5) is 0 Å². The number of carboxylic acids is 2. The third kappa shape index (κ3) is 5.27. The van der Waals surface area contributed by atoms with Gasteiger partial charge >= 0.3 is 11.9 Å². The summed E-state index contributed by atoms with van der Waals surface area (Å²) in [5, 5.41) is 23.6. The Kier molecular flexibility index (Phi) is 8.54. The Morgan fingerprint density at radius 3 is 2.21 bits per heavy atom. The van der Waals surface area contributed by atoms with Crippen molar-refractivity contribution >= 4 is 21.8 Å². The van der Waals surface area contributed by atoms with E-state index in [9.17, 15) is 28.2 Å². The highest BCUT2D eigenvalue weighted by Gasteiger charge is 2.69. The lowest BCUT2D eigenvalue weighted by Crippen LogP contribution is -2.64. The molecule has 8 rings (SSSR count). The fourth-order valence-corrected chi connectivity index (χ4v) is 16.6. The van der Waals surface area contributed by atoms with Gasteiger partial charge in [0, 0.05) is 31.7 Å². The minimum Gasteiger partial charge on any atom is -0.480 e. The van der Waals surface area contributed by atoms with Gasteiger partial charge in [0.25, 0.3) is 0 Å². The molecule has 1 spiro atoms. The fourth-order valence-electron chi connectivity index (χ4n) is 15.4. The summed E-state index contributed by atoms with van der Waals surface area (Å²) >= 11 is 0. The average molecular weight is 737 g/mol. The SMILES string of the molecule is C=C(C)[C@@H]1CC[C@]2(NCCN3CCS(=O)(=O)CC3)CCC3[C@H](CC[C@@H]4[C@@]5(C)C=CC(=C6CC7(C6)CC(C(=O)O)(C(=O)O)C7)C(C)(C)[C@@H]5CC[C@@]34C)[C@@H]12. The number of allylic oxidation sites excluding steroid dienone is 5. The highest BCUT2D eigenvalue weighted by Crippen LogP contribution is 2.74. The molecule has 9 heteroatoms. The van der Waals surface area contributed by atoms with Gasteiger partial charge in [0.15, 0.2) is 15.3 Å². The van der Waals surface area contributed by atoms with Crippen LogP contribution in [0.2, 0.25) is 0 Å². The van der Waals surface area contributed by atoms with Gasteiger partial charge in [0.2, 0.25) is 0 Å². The first-order chi connectivity index (χ1) is 24.3. The average Bonchev–Trinajstić information content (AvgIpc) is 3.41. The van der Waals surface area contributed by atoms with Gasteiger partial charge in [0.05, 0.1) is 11.5 Å². The van der Waals surface area contributed by atoms with Crippen LogP contribution in [0, 0.1) is 62.6 Å². The van der Waals surface area contributed by atoms with Gasteiger partial charge in [-0.15, -0.1) is 0 Å². The molecule has 7 aliphatic carbocycles. The highest BCUT2D eigenvalue weighted by atomic mass is 32.2. The van der Waals surface area contributed by atoms with E-state index < -0.39 is 27.2 Å². The van der Waals surface area contributed by atoms with Crippen LogP contribution in [0.15, 0.2) is 35.5 Å². The summed E-state index contributed by atoms with van der Waals surface area (Å²) in [6.45, 7) is 20.1. The van der Waals surface area contributed by atoms with Crippen LogP contribution in [0.1, 0.15) is 112 Å². The van der Waals surface area contributed by atoms with E-state index >= 15 is 0 Å². The van der Waals surface area contributed by atoms with Crippen molar-refractivity contribution in [3.63, 3.8) is 0 Å². The number of aliphatic carboxylic acids is 2. The van der Waals surface area contributed by atoms with Crippen LogP contribution >= 0.6 is 0 Å². The molecule has 288 valence electrons. The molecule has 6 saturated carbocycles. The van der Waals surface area contributed by atoms with Crippen LogP contribution in [0.25, 0.3) is 0 Å². The Morgan fingerprint density at radius 1 is 0.923 bits per heavy atom. The third-order valence-electron chi connectivity index (χ3n) is 17.6. The Bertz CT molecular complexity index is 1680. The van der Waals surface area contributed by atoms with Gasteiger partial charge in [-0.25, -0.2) is 8.42 Å². The largest absolute Gasteiger partial charge is 0.480 e. The minimum atomic E-state index is -2.87. The molecule has 0 radical (unpaired) electrons. The number of sulfone groups is 1. The van der Waals surface area contributed by atoms with E-state index in [1.807, 2.05) is 0 Å². The molecule has 7 fully saturated rings. The molecule has 0 aromatic carbocycles.